The lowest BCUT2D eigenvalue weighted by Crippen LogP contribution is -2.28. The van der Waals surface area contributed by atoms with Crippen LogP contribution in [0.5, 0.6) is 0 Å². The molecule has 1 saturated heterocycles. The highest BCUT2D eigenvalue weighted by atomic mass is 19.4. The first kappa shape index (κ1) is 16.0. The van der Waals surface area contributed by atoms with Crippen LogP contribution in [0.3, 0.4) is 0 Å². The first-order chi connectivity index (χ1) is 10.3. The molecule has 2 rings (SSSR count). The van der Waals surface area contributed by atoms with Crippen molar-refractivity contribution in [3.05, 3.63) is 35.4 Å². The number of ether oxygens (including phenoxy) is 1. The molecule has 118 valence electrons. The van der Waals surface area contributed by atoms with Gasteiger partial charge in [-0.05, 0) is 37.1 Å². The molecule has 0 saturated carbocycles. The van der Waals surface area contributed by atoms with E-state index in [0.29, 0.717) is 18.7 Å². The molecule has 0 atom stereocenters. The summed E-state index contributed by atoms with van der Waals surface area (Å²) < 4.78 is 39.7. The Labute approximate surface area is 123 Å². The molecule has 1 aliphatic heterocycles. The van der Waals surface area contributed by atoms with Crippen LogP contribution in [-0.2, 0) is 9.53 Å². The zero-order chi connectivity index (χ0) is 16.3. The second kappa shape index (κ2) is 6.17. The van der Waals surface area contributed by atoms with Gasteiger partial charge in [0.15, 0.2) is 0 Å². The van der Waals surface area contributed by atoms with Crippen LogP contribution in [0.4, 0.5) is 13.2 Å². The van der Waals surface area contributed by atoms with E-state index in [1.54, 1.807) is 4.90 Å². The van der Waals surface area contributed by atoms with Crippen LogP contribution >= 0.6 is 0 Å². The zero-order valence-corrected chi connectivity index (χ0v) is 11.4. The van der Waals surface area contributed by atoms with Gasteiger partial charge >= 0.3 is 18.1 Å². The van der Waals surface area contributed by atoms with Crippen LogP contribution in [0.25, 0.3) is 0 Å². The first-order valence-electron chi connectivity index (χ1n) is 6.51. The molecule has 5 nitrogen and oxygen atoms in total. The molecular formula is C14H12F3NO4. The van der Waals surface area contributed by atoms with E-state index in [1.165, 1.54) is 12.1 Å². The lowest BCUT2D eigenvalue weighted by Gasteiger charge is -2.15. The molecule has 1 fully saturated rings. The number of benzene rings is 1. The molecule has 0 spiro atoms. The Morgan fingerprint density at radius 2 is 1.45 bits per heavy atom. The zero-order valence-electron chi connectivity index (χ0n) is 11.4. The van der Waals surface area contributed by atoms with Gasteiger partial charge in [0.05, 0.1) is 5.56 Å². The number of alkyl halides is 3. The van der Waals surface area contributed by atoms with Gasteiger partial charge in [-0.2, -0.15) is 13.2 Å². The highest BCUT2D eigenvalue weighted by Gasteiger charge is 2.42. The van der Waals surface area contributed by atoms with Gasteiger partial charge in [-0.3, -0.25) is 4.79 Å². The molecule has 1 aliphatic rings. The van der Waals surface area contributed by atoms with Gasteiger partial charge in [0.1, 0.15) is 0 Å². The Bertz CT molecular complexity index is 589. The monoisotopic (exact) mass is 315 g/mol. The minimum atomic E-state index is -5.23. The number of rotatable bonds is 2. The normalized spacial score (nSPS) is 14.8. The highest BCUT2D eigenvalue weighted by molar-refractivity contribution is 5.99. The average molecular weight is 315 g/mol. The van der Waals surface area contributed by atoms with Crippen molar-refractivity contribution in [2.24, 2.45) is 0 Å². The maximum Gasteiger partial charge on any atom is 0.491 e. The number of hydrogen-bond donors (Lipinski definition) is 0. The van der Waals surface area contributed by atoms with Crippen molar-refractivity contribution in [2.45, 2.75) is 19.0 Å². The summed E-state index contributed by atoms with van der Waals surface area (Å²) in [6.07, 6.45) is -3.38. The summed E-state index contributed by atoms with van der Waals surface area (Å²) in [5.74, 6) is -4.19. The van der Waals surface area contributed by atoms with Crippen molar-refractivity contribution in [1.29, 1.82) is 0 Å². The lowest BCUT2D eigenvalue weighted by atomic mass is 10.1. The Balaban J connectivity index is 2.03. The van der Waals surface area contributed by atoms with Gasteiger partial charge in [0.25, 0.3) is 5.91 Å². The SMILES string of the molecule is O=C(OC(=O)C(F)(F)F)c1ccc(C(=O)N2CCCC2)cc1. The minimum absolute atomic E-state index is 0.205. The molecule has 1 aromatic rings. The third-order valence-electron chi connectivity index (χ3n) is 3.18. The van der Waals surface area contributed by atoms with Gasteiger partial charge in [0, 0.05) is 18.7 Å². The predicted octanol–water partition coefficient (Wildman–Crippen LogP) is 2.17. The fourth-order valence-electron chi connectivity index (χ4n) is 2.05. The summed E-state index contributed by atoms with van der Waals surface area (Å²) in [5.41, 5.74) is 0.0798. The number of esters is 2. The minimum Gasteiger partial charge on any atom is -0.383 e. The summed E-state index contributed by atoms with van der Waals surface area (Å²) in [4.78, 5) is 35.7. The first-order valence-corrected chi connectivity index (χ1v) is 6.51. The molecular weight excluding hydrogens is 303 g/mol. The van der Waals surface area contributed by atoms with Crippen LogP contribution in [0.15, 0.2) is 24.3 Å². The second-order valence-electron chi connectivity index (χ2n) is 4.75. The van der Waals surface area contributed by atoms with Crippen molar-refractivity contribution >= 4 is 17.8 Å². The molecule has 0 unspecified atom stereocenters. The fourth-order valence-corrected chi connectivity index (χ4v) is 2.05. The van der Waals surface area contributed by atoms with Gasteiger partial charge in [0.2, 0.25) is 0 Å². The Kier molecular flexibility index (Phi) is 4.48. The number of carbonyl (C=O) groups is 3. The molecule has 1 heterocycles. The fraction of sp³-hybridized carbons (Fsp3) is 0.357. The van der Waals surface area contributed by atoms with E-state index in [9.17, 15) is 27.6 Å². The largest absolute Gasteiger partial charge is 0.491 e. The number of likely N-dealkylation sites (tertiary alicyclic amines) is 1. The Morgan fingerprint density at radius 1 is 0.955 bits per heavy atom. The summed E-state index contributed by atoms with van der Waals surface area (Å²) in [6.45, 7) is 1.31. The standard InChI is InChI=1S/C14H12F3NO4/c15-14(16,17)13(21)22-12(20)10-5-3-9(4-6-10)11(19)18-7-1-2-8-18/h3-6H,1-2,7-8H2. The maximum atomic E-state index is 12.0. The van der Waals surface area contributed by atoms with E-state index in [2.05, 4.69) is 4.74 Å². The van der Waals surface area contributed by atoms with Gasteiger partial charge in [-0.15, -0.1) is 0 Å². The van der Waals surface area contributed by atoms with E-state index < -0.39 is 18.1 Å². The van der Waals surface area contributed by atoms with Crippen molar-refractivity contribution in [3.8, 4) is 0 Å². The summed E-state index contributed by atoms with van der Waals surface area (Å²) in [7, 11) is 0. The summed E-state index contributed by atoms with van der Waals surface area (Å²) >= 11 is 0. The van der Waals surface area contributed by atoms with E-state index in [-0.39, 0.29) is 11.5 Å². The molecule has 1 aromatic carbocycles. The van der Waals surface area contributed by atoms with E-state index in [4.69, 9.17) is 0 Å². The van der Waals surface area contributed by atoms with Crippen LogP contribution in [-0.4, -0.2) is 42.0 Å². The number of nitrogens with zero attached hydrogens (tertiary/aromatic N) is 1. The molecule has 0 aromatic heterocycles. The van der Waals surface area contributed by atoms with Gasteiger partial charge < -0.3 is 9.64 Å². The van der Waals surface area contributed by atoms with Crippen LogP contribution in [0.2, 0.25) is 0 Å². The number of amides is 1. The third-order valence-corrected chi connectivity index (χ3v) is 3.18. The lowest BCUT2D eigenvalue weighted by molar-refractivity contribution is -0.193. The summed E-state index contributed by atoms with van der Waals surface area (Å²) in [6, 6.07) is 4.93. The van der Waals surface area contributed by atoms with Gasteiger partial charge in [-0.25, -0.2) is 9.59 Å². The maximum absolute atomic E-state index is 12.0. The topological polar surface area (TPSA) is 63.7 Å². The Hall–Kier alpha value is -2.38. The number of carbonyl (C=O) groups excluding carboxylic acids is 3. The average Bonchev–Trinajstić information content (AvgIpc) is 2.99. The smallest absolute Gasteiger partial charge is 0.383 e. The molecule has 0 radical (unpaired) electrons. The van der Waals surface area contributed by atoms with Crippen molar-refractivity contribution in [2.75, 3.05) is 13.1 Å². The van der Waals surface area contributed by atoms with E-state index >= 15 is 0 Å². The van der Waals surface area contributed by atoms with Crippen molar-refractivity contribution in [1.82, 2.24) is 4.90 Å². The predicted molar refractivity (Wildman–Crippen MR) is 68.1 cm³/mol. The highest BCUT2D eigenvalue weighted by Crippen LogP contribution is 2.18. The number of halogens is 3. The molecule has 0 N–H and O–H groups in total. The van der Waals surface area contributed by atoms with Crippen LogP contribution in [0, 0.1) is 0 Å². The molecule has 0 aliphatic carbocycles. The van der Waals surface area contributed by atoms with E-state index in [0.717, 1.165) is 25.0 Å². The quantitative estimate of drug-likeness (QED) is 0.620. The van der Waals surface area contributed by atoms with E-state index in [1.807, 2.05) is 0 Å². The second-order valence-corrected chi connectivity index (χ2v) is 4.75. The van der Waals surface area contributed by atoms with Crippen LogP contribution < -0.4 is 0 Å². The van der Waals surface area contributed by atoms with Crippen molar-refractivity contribution in [3.63, 3.8) is 0 Å². The molecule has 1 amide bonds. The third kappa shape index (κ3) is 3.63. The van der Waals surface area contributed by atoms with Gasteiger partial charge in [-0.1, -0.05) is 0 Å². The molecule has 22 heavy (non-hydrogen) atoms. The molecule has 8 heteroatoms. The Morgan fingerprint density at radius 3 is 1.95 bits per heavy atom. The summed E-state index contributed by atoms with van der Waals surface area (Å²) in [5, 5.41) is 0. The molecule has 0 bridgehead atoms. The van der Waals surface area contributed by atoms with Crippen LogP contribution in [0.1, 0.15) is 33.6 Å². The number of hydrogen-bond acceptors (Lipinski definition) is 4. The van der Waals surface area contributed by atoms with Crippen molar-refractivity contribution < 1.29 is 32.3 Å².